The number of carbonyl (C=O) groups excluding carboxylic acids is 2. The molecule has 0 fully saturated rings. The van der Waals surface area contributed by atoms with Crippen molar-refractivity contribution in [2.45, 2.75) is 0 Å². The average molecular weight is 517 g/mol. The van der Waals surface area contributed by atoms with Crippen LogP contribution in [0.4, 0.5) is 5.69 Å². The lowest BCUT2D eigenvalue weighted by atomic mass is 10.1. The Morgan fingerprint density at radius 3 is 2.35 bits per heavy atom. The van der Waals surface area contributed by atoms with Crippen molar-refractivity contribution >= 4 is 39.6 Å². The third kappa shape index (κ3) is 6.20. The molecule has 34 heavy (non-hydrogen) atoms. The Morgan fingerprint density at radius 1 is 0.912 bits per heavy atom. The average Bonchev–Trinajstić information content (AvgIpc) is 3.40. The van der Waals surface area contributed by atoms with Gasteiger partial charge in [-0.25, -0.2) is 5.43 Å². The second-order valence-electron chi connectivity index (χ2n) is 7.22. The molecule has 0 radical (unpaired) electrons. The SMILES string of the molecule is O=C(COc1ccc(/C=N\NC(=O)c2ccccc2-n2cccc2)cc1)Nc1ccc(Br)cc1. The van der Waals surface area contributed by atoms with Crippen LogP contribution in [0.5, 0.6) is 5.75 Å². The molecule has 0 atom stereocenters. The van der Waals surface area contributed by atoms with E-state index in [1.807, 2.05) is 59.4 Å². The molecule has 4 rings (SSSR count). The van der Waals surface area contributed by atoms with Crippen LogP contribution >= 0.6 is 15.9 Å². The number of benzene rings is 3. The number of halogens is 1. The van der Waals surface area contributed by atoms with Gasteiger partial charge in [0, 0.05) is 22.6 Å². The summed E-state index contributed by atoms with van der Waals surface area (Å²) in [5, 5.41) is 6.82. The molecule has 0 saturated heterocycles. The number of hydrogen-bond donors (Lipinski definition) is 2. The number of nitrogens with zero attached hydrogens (tertiary/aromatic N) is 2. The van der Waals surface area contributed by atoms with Gasteiger partial charge in [0.1, 0.15) is 5.75 Å². The van der Waals surface area contributed by atoms with E-state index in [1.54, 1.807) is 48.7 Å². The van der Waals surface area contributed by atoms with E-state index in [-0.39, 0.29) is 18.4 Å². The second kappa shape index (κ2) is 11.1. The molecular weight excluding hydrogens is 496 g/mol. The van der Waals surface area contributed by atoms with Crippen LogP contribution in [0, 0.1) is 0 Å². The number of para-hydroxylation sites is 1. The quantitative estimate of drug-likeness (QED) is 0.254. The summed E-state index contributed by atoms with van der Waals surface area (Å²) >= 11 is 3.35. The molecule has 0 aliphatic carbocycles. The summed E-state index contributed by atoms with van der Waals surface area (Å²) in [5.41, 5.74) is 5.31. The van der Waals surface area contributed by atoms with Crippen LogP contribution in [0.1, 0.15) is 15.9 Å². The van der Waals surface area contributed by atoms with Gasteiger partial charge in [-0.3, -0.25) is 9.59 Å². The highest BCUT2D eigenvalue weighted by Crippen LogP contribution is 2.16. The number of hydrazone groups is 1. The van der Waals surface area contributed by atoms with Gasteiger partial charge in [0.2, 0.25) is 0 Å². The van der Waals surface area contributed by atoms with Gasteiger partial charge in [-0.05, 0) is 78.4 Å². The fraction of sp³-hybridized carbons (Fsp3) is 0.0385. The van der Waals surface area contributed by atoms with E-state index in [4.69, 9.17) is 4.74 Å². The summed E-state index contributed by atoms with van der Waals surface area (Å²) in [7, 11) is 0. The van der Waals surface area contributed by atoms with Crippen LogP contribution in [0.2, 0.25) is 0 Å². The molecule has 1 heterocycles. The van der Waals surface area contributed by atoms with Crippen molar-refractivity contribution in [3.05, 3.63) is 113 Å². The van der Waals surface area contributed by atoms with Crippen LogP contribution in [-0.4, -0.2) is 29.2 Å². The van der Waals surface area contributed by atoms with Crippen molar-refractivity contribution in [1.29, 1.82) is 0 Å². The molecule has 170 valence electrons. The number of ether oxygens (including phenoxy) is 1. The molecule has 0 saturated carbocycles. The van der Waals surface area contributed by atoms with Crippen LogP contribution in [-0.2, 0) is 4.79 Å². The highest BCUT2D eigenvalue weighted by molar-refractivity contribution is 9.10. The molecule has 0 aliphatic heterocycles. The molecule has 0 spiro atoms. The van der Waals surface area contributed by atoms with E-state index in [0.717, 1.165) is 15.7 Å². The largest absolute Gasteiger partial charge is 0.484 e. The minimum Gasteiger partial charge on any atom is -0.484 e. The first-order chi connectivity index (χ1) is 16.6. The molecule has 0 unspecified atom stereocenters. The topological polar surface area (TPSA) is 84.7 Å². The molecule has 2 amide bonds. The molecule has 7 nitrogen and oxygen atoms in total. The Balaban J connectivity index is 1.28. The van der Waals surface area contributed by atoms with Gasteiger partial charge in [0.15, 0.2) is 6.61 Å². The Bertz CT molecular complexity index is 1280. The van der Waals surface area contributed by atoms with E-state index < -0.39 is 0 Å². The van der Waals surface area contributed by atoms with E-state index in [0.29, 0.717) is 17.0 Å². The maximum Gasteiger partial charge on any atom is 0.273 e. The number of aromatic nitrogens is 1. The van der Waals surface area contributed by atoms with E-state index in [9.17, 15) is 9.59 Å². The molecule has 4 aromatic rings. The standard InChI is InChI=1S/C26H21BrN4O3/c27-20-9-11-21(12-10-20)29-25(32)18-34-22-13-7-19(8-14-22)17-28-30-26(33)23-5-1-2-6-24(23)31-15-3-4-16-31/h1-17H,18H2,(H,29,32)(H,30,33)/b28-17-. The van der Waals surface area contributed by atoms with E-state index in [2.05, 4.69) is 31.8 Å². The summed E-state index contributed by atoms with van der Waals surface area (Å²) in [5.74, 6) is -0.0130. The molecule has 0 aliphatic rings. The van der Waals surface area contributed by atoms with Gasteiger partial charge in [-0.1, -0.05) is 28.1 Å². The molecule has 1 aromatic heterocycles. The van der Waals surface area contributed by atoms with Gasteiger partial charge in [0.25, 0.3) is 11.8 Å². The summed E-state index contributed by atoms with van der Waals surface area (Å²) in [6.07, 6.45) is 5.30. The lowest BCUT2D eigenvalue weighted by Gasteiger charge is -2.09. The monoisotopic (exact) mass is 516 g/mol. The van der Waals surface area contributed by atoms with Crippen LogP contribution in [0.3, 0.4) is 0 Å². The zero-order valence-electron chi connectivity index (χ0n) is 18.0. The van der Waals surface area contributed by atoms with E-state index >= 15 is 0 Å². The van der Waals surface area contributed by atoms with Crippen molar-refractivity contribution in [2.75, 3.05) is 11.9 Å². The Morgan fingerprint density at radius 2 is 1.62 bits per heavy atom. The van der Waals surface area contributed by atoms with Gasteiger partial charge in [-0.2, -0.15) is 5.10 Å². The summed E-state index contributed by atoms with van der Waals surface area (Å²) in [6.45, 7) is -0.111. The maximum absolute atomic E-state index is 12.6. The fourth-order valence-corrected chi connectivity index (χ4v) is 3.41. The molecule has 0 bridgehead atoms. The first-order valence-corrected chi connectivity index (χ1v) is 11.2. The number of nitrogens with one attached hydrogen (secondary N) is 2. The number of rotatable bonds is 8. The molecule has 8 heteroatoms. The Kier molecular flexibility index (Phi) is 7.52. The fourth-order valence-electron chi connectivity index (χ4n) is 3.14. The van der Waals surface area contributed by atoms with Gasteiger partial charge >= 0.3 is 0 Å². The highest BCUT2D eigenvalue weighted by Gasteiger charge is 2.11. The minimum atomic E-state index is -0.308. The van der Waals surface area contributed by atoms with Crippen LogP contribution < -0.4 is 15.5 Å². The normalized spacial score (nSPS) is 10.7. The lowest BCUT2D eigenvalue weighted by Crippen LogP contribution is -2.20. The molecule has 2 N–H and O–H groups in total. The first-order valence-electron chi connectivity index (χ1n) is 10.4. The van der Waals surface area contributed by atoms with E-state index in [1.165, 1.54) is 0 Å². The van der Waals surface area contributed by atoms with Gasteiger partial charge < -0.3 is 14.6 Å². The van der Waals surface area contributed by atoms with Crippen LogP contribution in [0.25, 0.3) is 5.69 Å². The summed E-state index contributed by atoms with van der Waals surface area (Å²) < 4.78 is 8.34. The van der Waals surface area contributed by atoms with Crippen molar-refractivity contribution in [3.8, 4) is 11.4 Å². The highest BCUT2D eigenvalue weighted by atomic mass is 79.9. The van der Waals surface area contributed by atoms with Crippen molar-refractivity contribution in [1.82, 2.24) is 9.99 Å². The predicted octanol–water partition coefficient (Wildman–Crippen LogP) is 5.02. The molecular formula is C26H21BrN4O3. The van der Waals surface area contributed by atoms with Gasteiger partial charge in [-0.15, -0.1) is 0 Å². The van der Waals surface area contributed by atoms with Crippen LogP contribution in [0.15, 0.2) is 107 Å². The Labute approximate surface area is 205 Å². The predicted molar refractivity (Wildman–Crippen MR) is 136 cm³/mol. The van der Waals surface area contributed by atoms with Crippen molar-refractivity contribution in [2.24, 2.45) is 5.10 Å². The van der Waals surface area contributed by atoms with Crippen molar-refractivity contribution in [3.63, 3.8) is 0 Å². The summed E-state index contributed by atoms with van der Waals surface area (Å²) in [6, 6.07) is 25.4. The number of carbonyl (C=O) groups is 2. The number of amides is 2. The molecule has 3 aromatic carbocycles. The number of anilines is 1. The van der Waals surface area contributed by atoms with Gasteiger partial charge in [0.05, 0.1) is 17.5 Å². The van der Waals surface area contributed by atoms with Crippen molar-refractivity contribution < 1.29 is 14.3 Å². The number of hydrogen-bond acceptors (Lipinski definition) is 4. The second-order valence-corrected chi connectivity index (χ2v) is 8.14. The third-order valence-corrected chi connectivity index (χ3v) is 5.32. The lowest BCUT2D eigenvalue weighted by molar-refractivity contribution is -0.118. The summed E-state index contributed by atoms with van der Waals surface area (Å²) in [4.78, 5) is 24.7. The zero-order chi connectivity index (χ0) is 23.8. The minimum absolute atomic E-state index is 0.111. The smallest absolute Gasteiger partial charge is 0.273 e. The zero-order valence-corrected chi connectivity index (χ0v) is 19.6. The third-order valence-electron chi connectivity index (χ3n) is 4.79. The Hall–Kier alpha value is -4.17. The maximum atomic E-state index is 12.6. The first kappa shape index (κ1) is 23.0.